The normalized spacial score (nSPS) is 27.2. The molecule has 0 amide bonds. The molecule has 1 N–H and O–H groups in total. The third kappa shape index (κ3) is 4.50. The minimum atomic E-state index is 0.800. The van der Waals surface area contributed by atoms with E-state index in [1.807, 2.05) is 0 Å². The van der Waals surface area contributed by atoms with Crippen molar-refractivity contribution in [2.75, 3.05) is 66.5 Å². The molecule has 4 heteroatoms. The zero-order valence-electron chi connectivity index (χ0n) is 12.2. The minimum Gasteiger partial charge on any atom is -0.314 e. The van der Waals surface area contributed by atoms with Crippen LogP contribution >= 0.6 is 0 Å². The number of nitrogens with zero attached hydrogens (tertiary/aromatic N) is 3. The second-order valence-electron chi connectivity index (χ2n) is 5.98. The van der Waals surface area contributed by atoms with E-state index in [2.05, 4.69) is 34.1 Å². The molecule has 2 rings (SSSR count). The molecule has 0 aromatic heterocycles. The van der Waals surface area contributed by atoms with Gasteiger partial charge in [-0.2, -0.15) is 0 Å². The number of unbranched alkanes of at least 4 members (excludes halogenated alkanes) is 1. The first kappa shape index (κ1) is 14.3. The second-order valence-corrected chi connectivity index (χ2v) is 5.98. The first-order valence-corrected chi connectivity index (χ1v) is 7.57. The molecule has 2 fully saturated rings. The van der Waals surface area contributed by atoms with E-state index >= 15 is 0 Å². The molecule has 0 spiro atoms. The van der Waals surface area contributed by atoms with Crippen molar-refractivity contribution in [3.8, 4) is 0 Å². The van der Waals surface area contributed by atoms with Crippen LogP contribution in [0.4, 0.5) is 0 Å². The van der Waals surface area contributed by atoms with Crippen LogP contribution in [0.3, 0.4) is 0 Å². The maximum Gasteiger partial charge on any atom is 0.0232 e. The Kier molecular flexibility index (Phi) is 5.89. The SMILES string of the molecule is CN1CCC(N(C)CCCCN2CCNCC2)C1. The number of piperazine rings is 1. The average molecular weight is 254 g/mol. The Hall–Kier alpha value is -0.160. The van der Waals surface area contributed by atoms with Crippen molar-refractivity contribution < 1.29 is 0 Å². The smallest absolute Gasteiger partial charge is 0.0232 e. The Morgan fingerprint density at radius 2 is 1.94 bits per heavy atom. The summed E-state index contributed by atoms with van der Waals surface area (Å²) in [6.07, 6.45) is 4.05. The molecule has 106 valence electrons. The van der Waals surface area contributed by atoms with Gasteiger partial charge >= 0.3 is 0 Å². The highest BCUT2D eigenvalue weighted by atomic mass is 15.2. The summed E-state index contributed by atoms with van der Waals surface area (Å²) in [6, 6.07) is 0.800. The van der Waals surface area contributed by atoms with Gasteiger partial charge in [-0.05, 0) is 53.0 Å². The summed E-state index contributed by atoms with van der Waals surface area (Å²) in [5, 5.41) is 3.41. The first-order chi connectivity index (χ1) is 8.75. The molecule has 18 heavy (non-hydrogen) atoms. The molecule has 2 heterocycles. The molecule has 0 aromatic carbocycles. The van der Waals surface area contributed by atoms with Crippen molar-refractivity contribution in [1.29, 1.82) is 0 Å². The molecule has 2 aliphatic heterocycles. The van der Waals surface area contributed by atoms with Crippen molar-refractivity contribution in [3.05, 3.63) is 0 Å². The average Bonchev–Trinajstić information content (AvgIpc) is 2.82. The molecule has 0 aromatic rings. The summed E-state index contributed by atoms with van der Waals surface area (Å²) in [6.45, 7) is 9.92. The minimum absolute atomic E-state index is 0.800. The van der Waals surface area contributed by atoms with Crippen molar-refractivity contribution in [1.82, 2.24) is 20.0 Å². The Morgan fingerprint density at radius 1 is 1.17 bits per heavy atom. The molecule has 1 atom stereocenters. The van der Waals surface area contributed by atoms with E-state index in [-0.39, 0.29) is 0 Å². The Morgan fingerprint density at radius 3 is 2.61 bits per heavy atom. The summed E-state index contributed by atoms with van der Waals surface area (Å²) in [5.41, 5.74) is 0. The van der Waals surface area contributed by atoms with E-state index in [4.69, 9.17) is 0 Å². The van der Waals surface area contributed by atoms with E-state index < -0.39 is 0 Å². The highest BCUT2D eigenvalue weighted by molar-refractivity contribution is 4.80. The number of likely N-dealkylation sites (tertiary alicyclic amines) is 1. The predicted octanol–water partition coefficient (Wildman–Crippen LogP) is 0.308. The van der Waals surface area contributed by atoms with Crippen LogP contribution in [0.15, 0.2) is 0 Å². The first-order valence-electron chi connectivity index (χ1n) is 7.57. The zero-order valence-corrected chi connectivity index (χ0v) is 12.2. The van der Waals surface area contributed by atoms with Gasteiger partial charge in [-0.15, -0.1) is 0 Å². The lowest BCUT2D eigenvalue weighted by molar-refractivity contribution is 0.213. The molecular formula is C14H30N4. The van der Waals surface area contributed by atoms with Crippen LogP contribution in [0.1, 0.15) is 19.3 Å². The van der Waals surface area contributed by atoms with Crippen molar-refractivity contribution in [2.24, 2.45) is 0 Å². The van der Waals surface area contributed by atoms with Crippen LogP contribution in [0, 0.1) is 0 Å². The van der Waals surface area contributed by atoms with E-state index in [0.29, 0.717) is 0 Å². The third-order valence-electron chi connectivity index (χ3n) is 4.43. The Bertz CT molecular complexity index is 228. The van der Waals surface area contributed by atoms with Crippen LogP contribution in [0.2, 0.25) is 0 Å². The predicted molar refractivity (Wildman–Crippen MR) is 77.1 cm³/mol. The number of likely N-dealkylation sites (N-methyl/N-ethyl adjacent to an activating group) is 2. The summed E-state index contributed by atoms with van der Waals surface area (Å²) < 4.78 is 0. The highest BCUT2D eigenvalue weighted by Crippen LogP contribution is 2.13. The van der Waals surface area contributed by atoms with E-state index in [1.165, 1.54) is 71.6 Å². The molecule has 2 aliphatic rings. The number of nitrogens with one attached hydrogen (secondary N) is 1. The number of rotatable bonds is 6. The lowest BCUT2D eigenvalue weighted by Crippen LogP contribution is -2.43. The Balaban J connectivity index is 1.52. The molecule has 4 nitrogen and oxygen atoms in total. The van der Waals surface area contributed by atoms with Gasteiger partial charge in [0.1, 0.15) is 0 Å². The zero-order chi connectivity index (χ0) is 12.8. The van der Waals surface area contributed by atoms with Gasteiger partial charge in [-0.3, -0.25) is 0 Å². The van der Waals surface area contributed by atoms with Gasteiger partial charge in [0.2, 0.25) is 0 Å². The second kappa shape index (κ2) is 7.43. The van der Waals surface area contributed by atoms with Gasteiger partial charge in [0.25, 0.3) is 0 Å². The van der Waals surface area contributed by atoms with E-state index in [9.17, 15) is 0 Å². The largest absolute Gasteiger partial charge is 0.314 e. The van der Waals surface area contributed by atoms with Crippen LogP contribution < -0.4 is 5.32 Å². The fourth-order valence-corrected chi connectivity index (χ4v) is 3.09. The lowest BCUT2D eigenvalue weighted by atomic mass is 10.2. The van der Waals surface area contributed by atoms with Gasteiger partial charge in [0, 0.05) is 38.8 Å². The van der Waals surface area contributed by atoms with Crippen LogP contribution in [-0.4, -0.2) is 87.2 Å². The fraction of sp³-hybridized carbons (Fsp3) is 1.00. The Labute approximate surface area is 112 Å². The molecule has 0 radical (unpaired) electrons. The molecule has 0 aliphatic carbocycles. The van der Waals surface area contributed by atoms with Gasteiger partial charge in [0.05, 0.1) is 0 Å². The molecular weight excluding hydrogens is 224 g/mol. The molecule has 1 unspecified atom stereocenters. The summed E-state index contributed by atoms with van der Waals surface area (Å²) in [4.78, 5) is 7.61. The monoisotopic (exact) mass is 254 g/mol. The van der Waals surface area contributed by atoms with E-state index in [0.717, 1.165) is 6.04 Å². The summed E-state index contributed by atoms with van der Waals surface area (Å²) in [7, 11) is 4.53. The van der Waals surface area contributed by atoms with Gasteiger partial charge in [0.15, 0.2) is 0 Å². The van der Waals surface area contributed by atoms with Crippen molar-refractivity contribution in [2.45, 2.75) is 25.3 Å². The third-order valence-corrected chi connectivity index (χ3v) is 4.43. The quantitative estimate of drug-likeness (QED) is 0.689. The maximum atomic E-state index is 3.41. The molecule has 2 saturated heterocycles. The fourth-order valence-electron chi connectivity index (χ4n) is 3.09. The van der Waals surface area contributed by atoms with Crippen LogP contribution in [-0.2, 0) is 0 Å². The van der Waals surface area contributed by atoms with Crippen LogP contribution in [0.5, 0.6) is 0 Å². The number of hydrogen-bond acceptors (Lipinski definition) is 4. The van der Waals surface area contributed by atoms with Gasteiger partial charge < -0.3 is 20.0 Å². The van der Waals surface area contributed by atoms with Gasteiger partial charge in [-0.25, -0.2) is 0 Å². The van der Waals surface area contributed by atoms with Crippen molar-refractivity contribution in [3.63, 3.8) is 0 Å². The summed E-state index contributed by atoms with van der Waals surface area (Å²) >= 11 is 0. The topological polar surface area (TPSA) is 21.8 Å². The molecule has 0 saturated carbocycles. The summed E-state index contributed by atoms with van der Waals surface area (Å²) in [5.74, 6) is 0. The standard InChI is InChI=1S/C14H30N4/c1-16-10-5-14(13-16)17(2)8-3-4-9-18-11-6-15-7-12-18/h14-15H,3-13H2,1-2H3. The molecule has 0 bridgehead atoms. The highest BCUT2D eigenvalue weighted by Gasteiger charge is 2.22. The van der Waals surface area contributed by atoms with Crippen molar-refractivity contribution >= 4 is 0 Å². The van der Waals surface area contributed by atoms with Crippen LogP contribution in [0.25, 0.3) is 0 Å². The number of hydrogen-bond donors (Lipinski definition) is 1. The lowest BCUT2D eigenvalue weighted by Gasteiger charge is -2.28. The maximum absolute atomic E-state index is 3.41. The van der Waals surface area contributed by atoms with Gasteiger partial charge in [-0.1, -0.05) is 0 Å². The van der Waals surface area contributed by atoms with E-state index in [1.54, 1.807) is 0 Å².